The van der Waals surface area contributed by atoms with Gasteiger partial charge in [0.15, 0.2) is 33.3 Å². The normalized spacial score (nSPS) is 14.4. The highest BCUT2D eigenvalue weighted by atomic mass is 28.4. The molecule has 0 N–H and O–H groups in total. The zero-order chi connectivity index (χ0) is 25.2. The van der Waals surface area contributed by atoms with E-state index in [4.69, 9.17) is 27.2 Å². The first kappa shape index (κ1) is 29.6. The number of hydrogen-bond acceptors (Lipinski definition) is 6. The Morgan fingerprint density at radius 1 is 0.438 bits per heavy atom. The Hall–Kier alpha value is -0.472. The van der Waals surface area contributed by atoms with Crippen LogP contribution in [-0.4, -0.2) is 45.2 Å². The van der Waals surface area contributed by atoms with Gasteiger partial charge in [0.2, 0.25) is 0 Å². The van der Waals surface area contributed by atoms with E-state index in [1.807, 2.05) is 38.1 Å². The van der Waals surface area contributed by atoms with Crippen LogP contribution in [0.2, 0.25) is 78.6 Å². The van der Waals surface area contributed by atoms with Crippen LogP contribution < -0.4 is 9.47 Å². The molecular weight excluding hydrogens is 473 g/mol. The molecule has 0 saturated heterocycles. The summed E-state index contributed by atoms with van der Waals surface area (Å²) in [6, 6.07) is 7.44. The Morgan fingerprint density at radius 3 is 0.781 bits per heavy atom. The molecule has 0 saturated carbocycles. The van der Waals surface area contributed by atoms with Crippen molar-refractivity contribution >= 4 is 33.3 Å². The van der Waals surface area contributed by atoms with Gasteiger partial charge in [0.1, 0.15) is 11.5 Å². The predicted molar refractivity (Wildman–Crippen MR) is 142 cm³/mol. The number of rotatable bonds is 12. The van der Waals surface area contributed by atoms with Gasteiger partial charge in [-0.05, 0) is 103 Å². The van der Waals surface area contributed by atoms with Gasteiger partial charge in [-0.3, -0.25) is 0 Å². The highest BCUT2D eigenvalue weighted by molar-refractivity contribution is 6.71. The first-order valence-electron chi connectivity index (χ1n) is 11.3. The minimum Gasteiger partial charge on any atom is -0.441 e. The smallest absolute Gasteiger partial charge is 0.304 e. The van der Waals surface area contributed by atoms with Crippen molar-refractivity contribution in [2.24, 2.45) is 0 Å². The van der Waals surface area contributed by atoms with Crippen LogP contribution in [0.3, 0.4) is 0 Å². The Bertz CT molecular complexity index is 632. The molecule has 186 valence electrons. The fourth-order valence-electron chi connectivity index (χ4n) is 3.35. The van der Waals surface area contributed by atoms with E-state index in [0.29, 0.717) is 11.5 Å². The summed E-state index contributed by atoms with van der Waals surface area (Å²) in [7, 11) is -7.65. The van der Waals surface area contributed by atoms with Crippen molar-refractivity contribution in [2.75, 3.05) is 0 Å². The predicted octanol–water partition coefficient (Wildman–Crippen LogP) is 7.20. The fraction of sp³-hybridized carbons (Fsp3) is 0.727. The third kappa shape index (κ3) is 12.7. The van der Waals surface area contributed by atoms with Crippen LogP contribution in [0.15, 0.2) is 24.3 Å². The molecule has 0 aliphatic rings. The molecule has 0 heterocycles. The van der Waals surface area contributed by atoms with Crippen molar-refractivity contribution in [3.8, 4) is 11.5 Å². The summed E-state index contributed by atoms with van der Waals surface area (Å²) in [4.78, 5) is 0. The highest BCUT2D eigenvalue weighted by Gasteiger charge is 2.40. The van der Waals surface area contributed by atoms with Gasteiger partial charge in [0.25, 0.3) is 0 Å². The topological polar surface area (TPSA) is 55.4 Å². The fourth-order valence-corrected chi connectivity index (χ4v) is 8.30. The van der Waals surface area contributed by atoms with E-state index >= 15 is 0 Å². The molecule has 1 aromatic carbocycles. The summed E-state index contributed by atoms with van der Waals surface area (Å²) in [6.45, 7) is 29.2. The van der Waals surface area contributed by atoms with Gasteiger partial charge < -0.3 is 27.2 Å². The lowest BCUT2D eigenvalue weighted by Crippen LogP contribution is -2.52. The summed E-state index contributed by atoms with van der Waals surface area (Å²) >= 11 is 0. The largest absolute Gasteiger partial charge is 0.441 e. The van der Waals surface area contributed by atoms with Crippen molar-refractivity contribution in [3.05, 3.63) is 24.3 Å². The first-order valence-corrected chi connectivity index (χ1v) is 24.9. The average molecular weight is 519 g/mol. The van der Waals surface area contributed by atoms with Gasteiger partial charge >= 0.3 is 11.9 Å². The van der Waals surface area contributed by atoms with Gasteiger partial charge in [-0.25, -0.2) is 0 Å². The minimum absolute atomic E-state index is 0.648. The quantitative estimate of drug-likeness (QED) is 0.215. The van der Waals surface area contributed by atoms with E-state index in [9.17, 15) is 0 Å². The molecule has 0 bridgehead atoms. The lowest BCUT2D eigenvalue weighted by molar-refractivity contribution is -0.252. The van der Waals surface area contributed by atoms with Crippen LogP contribution in [0.5, 0.6) is 11.5 Å². The Labute approximate surface area is 200 Å². The molecule has 0 amide bonds. The molecule has 0 aliphatic carbocycles. The summed E-state index contributed by atoms with van der Waals surface area (Å²) in [6.07, 6.45) is 0. The van der Waals surface area contributed by atoms with Crippen molar-refractivity contribution in [2.45, 2.75) is 104 Å². The van der Waals surface area contributed by atoms with Crippen LogP contribution in [0.25, 0.3) is 0 Å². The van der Waals surface area contributed by atoms with Gasteiger partial charge in [0.05, 0.1) is 0 Å². The zero-order valence-corrected chi connectivity index (χ0v) is 26.8. The molecule has 10 heteroatoms. The summed E-state index contributed by atoms with van der Waals surface area (Å²) in [5, 5.41) is 0. The van der Waals surface area contributed by atoms with Crippen LogP contribution in [-0.2, 0) is 17.7 Å². The minimum atomic E-state index is -1.91. The molecule has 0 radical (unpaired) electrons. The molecule has 1 rings (SSSR count). The van der Waals surface area contributed by atoms with Crippen LogP contribution in [0, 0.1) is 0 Å². The number of ether oxygens (including phenoxy) is 2. The first-order chi connectivity index (χ1) is 14.0. The molecule has 0 unspecified atom stereocenters. The molecule has 0 aliphatic heterocycles. The monoisotopic (exact) mass is 518 g/mol. The second-order valence-corrected chi connectivity index (χ2v) is 30.0. The Morgan fingerprint density at radius 2 is 0.625 bits per heavy atom. The summed E-state index contributed by atoms with van der Waals surface area (Å²) < 4.78 is 37.6. The molecule has 0 spiro atoms. The number of hydrogen-bond donors (Lipinski definition) is 0. The van der Waals surface area contributed by atoms with E-state index < -0.39 is 45.2 Å². The zero-order valence-electron chi connectivity index (χ0n) is 22.8. The lowest BCUT2D eigenvalue weighted by atomic mass is 10.3. The SMILES string of the molecule is CC(Oc1ccc(OC(C)(O[Si](C)(C)C)O[Si](C)(C)C)cc1)(O[Si](C)(C)C)O[Si](C)(C)C. The molecule has 0 fully saturated rings. The summed E-state index contributed by atoms with van der Waals surface area (Å²) in [5.74, 6) is -0.966. The lowest BCUT2D eigenvalue weighted by Gasteiger charge is -2.40. The van der Waals surface area contributed by atoms with Gasteiger partial charge in [-0.2, -0.15) is 0 Å². The van der Waals surface area contributed by atoms with E-state index in [1.54, 1.807) is 0 Å². The maximum absolute atomic E-state index is 6.29. The molecular formula is C22H46O6Si4. The van der Waals surface area contributed by atoms with E-state index in [1.165, 1.54) is 0 Å². The van der Waals surface area contributed by atoms with E-state index in [2.05, 4.69) is 78.6 Å². The second kappa shape index (κ2) is 10.0. The third-order valence-corrected chi connectivity index (χ3v) is 7.33. The highest BCUT2D eigenvalue weighted by Crippen LogP contribution is 2.32. The third-order valence-electron chi connectivity index (χ3n) is 3.40. The standard InChI is InChI=1S/C22H46O6Si4/c1-21(25-29(3,4)5,26-30(6,7)8)23-19-15-17-20(18-16-19)24-22(2,27-31(9,10)11)28-32(12,13)14/h15-18H,1-14H3. The van der Waals surface area contributed by atoms with Gasteiger partial charge in [-0.1, -0.05) is 0 Å². The van der Waals surface area contributed by atoms with Crippen molar-refractivity contribution < 1.29 is 27.2 Å². The Balaban J connectivity index is 3.08. The van der Waals surface area contributed by atoms with E-state index in [-0.39, 0.29) is 0 Å². The van der Waals surface area contributed by atoms with Crippen LogP contribution in [0.4, 0.5) is 0 Å². The van der Waals surface area contributed by atoms with Crippen molar-refractivity contribution in [1.29, 1.82) is 0 Å². The number of benzene rings is 1. The van der Waals surface area contributed by atoms with Crippen LogP contribution >= 0.6 is 0 Å². The van der Waals surface area contributed by atoms with Gasteiger partial charge in [0, 0.05) is 13.8 Å². The van der Waals surface area contributed by atoms with Crippen molar-refractivity contribution in [3.63, 3.8) is 0 Å². The maximum Gasteiger partial charge on any atom is 0.304 e. The Kier molecular flexibility index (Phi) is 9.26. The maximum atomic E-state index is 6.29. The molecule has 1 aromatic rings. The van der Waals surface area contributed by atoms with Crippen LogP contribution in [0.1, 0.15) is 13.8 Å². The second-order valence-electron chi connectivity index (χ2n) is 12.3. The van der Waals surface area contributed by atoms with Crippen molar-refractivity contribution in [1.82, 2.24) is 0 Å². The molecule has 6 nitrogen and oxygen atoms in total. The molecule has 0 atom stereocenters. The molecule has 32 heavy (non-hydrogen) atoms. The van der Waals surface area contributed by atoms with Gasteiger partial charge in [-0.15, -0.1) is 0 Å². The molecule has 0 aromatic heterocycles. The van der Waals surface area contributed by atoms with E-state index in [0.717, 1.165) is 0 Å². The average Bonchev–Trinajstić information content (AvgIpc) is 2.40. The summed E-state index contributed by atoms with van der Waals surface area (Å²) in [5.41, 5.74) is 0.